The van der Waals surface area contributed by atoms with Crippen molar-refractivity contribution in [3.05, 3.63) is 23.5 Å². The highest BCUT2D eigenvalue weighted by atomic mass is 16.5. The number of hydrogen-bond acceptors (Lipinski definition) is 3. The van der Waals surface area contributed by atoms with E-state index in [-0.39, 0.29) is 6.61 Å². The first-order valence-corrected chi connectivity index (χ1v) is 4.44. The number of nitrogens with zero attached hydrogens (tertiary/aromatic N) is 1. The summed E-state index contributed by atoms with van der Waals surface area (Å²) in [5.41, 5.74) is 1.70. The first kappa shape index (κ1) is 10.5. The molecule has 4 heteroatoms. The van der Waals surface area contributed by atoms with Gasteiger partial charge < -0.3 is 9.84 Å². The Morgan fingerprint density at radius 2 is 2.29 bits per heavy atom. The van der Waals surface area contributed by atoms with Crippen molar-refractivity contribution in [1.82, 2.24) is 4.98 Å². The second kappa shape index (κ2) is 4.60. The number of carbonyl (C=O) groups is 1. The molecule has 0 radical (unpaired) electrons. The molecule has 0 saturated carbocycles. The van der Waals surface area contributed by atoms with E-state index in [9.17, 15) is 4.79 Å². The number of hydrogen-bond donors (Lipinski definition) is 1. The Balaban J connectivity index is 2.80. The van der Waals surface area contributed by atoms with Crippen LogP contribution in [0.5, 0.6) is 5.75 Å². The van der Waals surface area contributed by atoms with E-state index in [1.54, 1.807) is 12.1 Å². The zero-order chi connectivity index (χ0) is 10.6. The second-order valence-electron chi connectivity index (χ2n) is 2.93. The van der Waals surface area contributed by atoms with Gasteiger partial charge in [0.15, 0.2) is 6.61 Å². The van der Waals surface area contributed by atoms with Gasteiger partial charge in [-0.25, -0.2) is 4.79 Å². The minimum atomic E-state index is -0.979. The van der Waals surface area contributed by atoms with Crippen molar-refractivity contribution in [2.45, 2.75) is 20.3 Å². The quantitative estimate of drug-likeness (QED) is 0.789. The summed E-state index contributed by atoms with van der Waals surface area (Å²) in [4.78, 5) is 14.5. The van der Waals surface area contributed by atoms with Gasteiger partial charge in [0.05, 0.1) is 5.69 Å². The van der Waals surface area contributed by atoms with Crippen molar-refractivity contribution in [3.63, 3.8) is 0 Å². The van der Waals surface area contributed by atoms with Gasteiger partial charge in [-0.15, -0.1) is 0 Å². The lowest BCUT2D eigenvalue weighted by Gasteiger charge is -2.07. The predicted molar refractivity (Wildman–Crippen MR) is 51.5 cm³/mol. The molecule has 4 nitrogen and oxygen atoms in total. The van der Waals surface area contributed by atoms with Crippen LogP contribution < -0.4 is 4.74 Å². The maximum absolute atomic E-state index is 10.3. The van der Waals surface area contributed by atoms with Gasteiger partial charge in [-0.05, 0) is 25.5 Å². The smallest absolute Gasteiger partial charge is 0.341 e. The molecule has 0 bridgehead atoms. The number of carboxylic acids is 1. The van der Waals surface area contributed by atoms with Crippen molar-refractivity contribution in [1.29, 1.82) is 0 Å². The van der Waals surface area contributed by atoms with Gasteiger partial charge in [0, 0.05) is 5.69 Å². The summed E-state index contributed by atoms with van der Waals surface area (Å²) in [5, 5.41) is 8.45. The molecule has 1 aromatic heterocycles. The molecule has 1 N–H and O–H groups in total. The molecule has 0 spiro atoms. The lowest BCUT2D eigenvalue weighted by atomic mass is 10.2. The normalized spacial score (nSPS) is 9.86. The van der Waals surface area contributed by atoms with Crippen LogP contribution in [-0.4, -0.2) is 22.7 Å². The summed E-state index contributed by atoms with van der Waals surface area (Å²) >= 11 is 0. The molecule has 0 amide bonds. The largest absolute Gasteiger partial charge is 0.480 e. The van der Waals surface area contributed by atoms with Gasteiger partial charge in [0.1, 0.15) is 5.75 Å². The molecule has 0 aromatic carbocycles. The lowest BCUT2D eigenvalue weighted by Crippen LogP contribution is -2.11. The van der Waals surface area contributed by atoms with Gasteiger partial charge >= 0.3 is 5.97 Å². The molecule has 1 heterocycles. The van der Waals surface area contributed by atoms with E-state index in [1.807, 2.05) is 13.8 Å². The number of carboxylic acid groups (broad SMARTS) is 1. The molecule has 1 rings (SSSR count). The third kappa shape index (κ3) is 2.73. The Kier molecular flexibility index (Phi) is 3.45. The van der Waals surface area contributed by atoms with Crippen LogP contribution in [0.1, 0.15) is 18.3 Å². The van der Waals surface area contributed by atoms with Gasteiger partial charge in [-0.2, -0.15) is 0 Å². The van der Waals surface area contributed by atoms with E-state index < -0.39 is 5.97 Å². The second-order valence-corrected chi connectivity index (χ2v) is 2.93. The van der Waals surface area contributed by atoms with Gasteiger partial charge in [0.25, 0.3) is 0 Å². The fourth-order valence-corrected chi connectivity index (χ4v) is 1.12. The van der Waals surface area contributed by atoms with Crippen molar-refractivity contribution in [2.75, 3.05) is 6.61 Å². The summed E-state index contributed by atoms with van der Waals surface area (Å²) in [6.07, 6.45) is 0.733. The molecule has 0 fully saturated rings. The zero-order valence-electron chi connectivity index (χ0n) is 8.28. The molecule has 0 unspecified atom stereocenters. The highest BCUT2D eigenvalue weighted by Crippen LogP contribution is 2.17. The maximum atomic E-state index is 10.3. The maximum Gasteiger partial charge on any atom is 0.341 e. The van der Waals surface area contributed by atoms with E-state index in [1.165, 1.54) is 0 Å². The van der Waals surface area contributed by atoms with Gasteiger partial charge in [-0.1, -0.05) is 6.92 Å². The monoisotopic (exact) mass is 195 g/mol. The third-order valence-corrected chi connectivity index (χ3v) is 1.76. The van der Waals surface area contributed by atoms with Crippen LogP contribution in [0.25, 0.3) is 0 Å². The summed E-state index contributed by atoms with van der Waals surface area (Å²) in [5.74, 6) is -0.423. The molecule has 0 aliphatic heterocycles. The molecule has 1 aromatic rings. The standard InChI is InChI=1S/C10H13NO3/c1-3-8-9(14-6-10(12)13)5-4-7(2)11-8/h4-5H,3,6H2,1-2H3,(H,12,13). The minimum absolute atomic E-state index is 0.322. The highest BCUT2D eigenvalue weighted by molar-refractivity contribution is 5.68. The van der Waals surface area contributed by atoms with Crippen LogP contribution in [0, 0.1) is 6.92 Å². The molecule has 76 valence electrons. The average molecular weight is 195 g/mol. The van der Waals surface area contributed by atoms with Crippen LogP contribution in [0.3, 0.4) is 0 Å². The Labute approximate surface area is 82.5 Å². The number of aliphatic carboxylic acids is 1. The Bertz CT molecular complexity index is 336. The molecular formula is C10H13NO3. The van der Waals surface area contributed by atoms with Crippen LogP contribution in [0.4, 0.5) is 0 Å². The van der Waals surface area contributed by atoms with Crippen LogP contribution >= 0.6 is 0 Å². The molecular weight excluding hydrogens is 182 g/mol. The number of aromatic nitrogens is 1. The first-order valence-electron chi connectivity index (χ1n) is 4.44. The number of ether oxygens (including phenoxy) is 1. The van der Waals surface area contributed by atoms with Crippen molar-refractivity contribution in [2.24, 2.45) is 0 Å². The molecule has 14 heavy (non-hydrogen) atoms. The number of pyridine rings is 1. The molecule has 0 aliphatic carbocycles. The first-order chi connectivity index (χ1) is 6.63. The Morgan fingerprint density at radius 1 is 1.57 bits per heavy atom. The van der Waals surface area contributed by atoms with E-state index >= 15 is 0 Å². The predicted octanol–water partition coefficient (Wildman–Crippen LogP) is 1.42. The highest BCUT2D eigenvalue weighted by Gasteiger charge is 2.05. The fourth-order valence-electron chi connectivity index (χ4n) is 1.12. The summed E-state index contributed by atoms with van der Waals surface area (Å²) in [7, 11) is 0. The van der Waals surface area contributed by atoms with Crippen molar-refractivity contribution >= 4 is 5.97 Å². The number of rotatable bonds is 4. The van der Waals surface area contributed by atoms with Gasteiger partial charge in [0.2, 0.25) is 0 Å². The lowest BCUT2D eigenvalue weighted by molar-refractivity contribution is -0.139. The SMILES string of the molecule is CCc1nc(C)ccc1OCC(=O)O. The molecule has 0 saturated heterocycles. The van der Waals surface area contributed by atoms with Crippen LogP contribution in [0.15, 0.2) is 12.1 Å². The van der Waals surface area contributed by atoms with Crippen LogP contribution in [0.2, 0.25) is 0 Å². The average Bonchev–Trinajstić information content (AvgIpc) is 2.15. The van der Waals surface area contributed by atoms with E-state index in [0.717, 1.165) is 17.8 Å². The van der Waals surface area contributed by atoms with Crippen molar-refractivity contribution < 1.29 is 14.6 Å². The molecule has 0 atom stereocenters. The third-order valence-electron chi connectivity index (χ3n) is 1.76. The number of aryl methyl sites for hydroxylation is 2. The minimum Gasteiger partial charge on any atom is -0.480 e. The van der Waals surface area contributed by atoms with E-state index in [2.05, 4.69) is 4.98 Å². The van der Waals surface area contributed by atoms with Crippen LogP contribution in [-0.2, 0) is 11.2 Å². The zero-order valence-corrected chi connectivity index (χ0v) is 8.28. The summed E-state index contributed by atoms with van der Waals surface area (Å²) < 4.78 is 5.08. The molecule has 0 aliphatic rings. The topological polar surface area (TPSA) is 59.4 Å². The van der Waals surface area contributed by atoms with Crippen molar-refractivity contribution in [3.8, 4) is 5.75 Å². The van der Waals surface area contributed by atoms with Gasteiger partial charge in [-0.3, -0.25) is 4.98 Å². The van der Waals surface area contributed by atoms with E-state index in [0.29, 0.717) is 5.75 Å². The van der Waals surface area contributed by atoms with E-state index in [4.69, 9.17) is 9.84 Å². The summed E-state index contributed by atoms with van der Waals surface area (Å²) in [6.45, 7) is 3.52. The summed E-state index contributed by atoms with van der Waals surface area (Å²) in [6, 6.07) is 3.56. The Hall–Kier alpha value is -1.58. The Morgan fingerprint density at radius 3 is 2.86 bits per heavy atom. The fraction of sp³-hybridized carbons (Fsp3) is 0.400.